The maximum absolute atomic E-state index is 12.5. The first kappa shape index (κ1) is 21.3. The fraction of sp³-hybridized carbons (Fsp3) is 0.684. The standard InChI is InChI=1S/C19H29Cl2N3O2/c1-22-18(12-23-13-25)15-7-9-24(10-8-15)19(26)6-5-14-3-2-4-16(20)17(21)11-14/h11,13,15,18,22H,2-10,12H2,1H3,(H,23,25). The number of carbonyl (C=O) groups excluding carboxylic acids is 2. The molecule has 1 heterocycles. The van der Waals surface area contributed by atoms with Crippen LogP contribution < -0.4 is 10.6 Å². The Kier molecular flexibility index (Phi) is 8.96. The highest BCUT2D eigenvalue weighted by atomic mass is 35.5. The van der Waals surface area contributed by atoms with Gasteiger partial charge in [0.15, 0.2) is 0 Å². The van der Waals surface area contributed by atoms with E-state index in [4.69, 9.17) is 23.2 Å². The van der Waals surface area contributed by atoms with Gasteiger partial charge in [-0.05, 0) is 57.6 Å². The van der Waals surface area contributed by atoms with Crippen LogP contribution in [0.2, 0.25) is 0 Å². The number of hydrogen-bond donors (Lipinski definition) is 2. The topological polar surface area (TPSA) is 61.4 Å². The molecule has 1 unspecified atom stereocenters. The third-order valence-corrected chi connectivity index (χ3v) is 6.22. The number of likely N-dealkylation sites (tertiary alicyclic amines) is 1. The molecule has 1 saturated heterocycles. The van der Waals surface area contributed by atoms with E-state index in [2.05, 4.69) is 10.6 Å². The van der Waals surface area contributed by atoms with Crippen LogP contribution in [0.5, 0.6) is 0 Å². The second-order valence-electron chi connectivity index (χ2n) is 7.05. The van der Waals surface area contributed by atoms with E-state index in [-0.39, 0.29) is 11.9 Å². The van der Waals surface area contributed by atoms with Crippen molar-refractivity contribution in [1.82, 2.24) is 15.5 Å². The first-order valence-corrected chi connectivity index (χ1v) is 10.2. The summed E-state index contributed by atoms with van der Waals surface area (Å²) in [5, 5.41) is 7.36. The van der Waals surface area contributed by atoms with Gasteiger partial charge in [0.1, 0.15) is 0 Å². The maximum atomic E-state index is 12.5. The number of hydrogen-bond acceptors (Lipinski definition) is 3. The molecule has 7 heteroatoms. The highest BCUT2D eigenvalue weighted by Crippen LogP contribution is 2.30. The van der Waals surface area contributed by atoms with Crippen molar-refractivity contribution in [3.8, 4) is 0 Å². The molecule has 0 aromatic heterocycles. The second kappa shape index (κ2) is 11.0. The van der Waals surface area contributed by atoms with Gasteiger partial charge in [0.25, 0.3) is 0 Å². The number of nitrogens with one attached hydrogen (secondary N) is 2. The Labute approximate surface area is 166 Å². The van der Waals surface area contributed by atoms with Crippen LogP contribution in [-0.2, 0) is 9.59 Å². The molecule has 26 heavy (non-hydrogen) atoms. The third kappa shape index (κ3) is 6.29. The van der Waals surface area contributed by atoms with Gasteiger partial charge in [0, 0.05) is 37.1 Å². The van der Waals surface area contributed by atoms with Crippen LogP contribution in [0.15, 0.2) is 21.7 Å². The van der Waals surface area contributed by atoms with Crippen molar-refractivity contribution in [3.05, 3.63) is 21.7 Å². The molecular formula is C19H29Cl2N3O2. The predicted octanol–water partition coefficient (Wildman–Crippen LogP) is 3.14. The highest BCUT2D eigenvalue weighted by molar-refractivity contribution is 6.40. The van der Waals surface area contributed by atoms with Crippen LogP contribution in [-0.4, -0.2) is 49.9 Å². The maximum Gasteiger partial charge on any atom is 0.222 e. The number of amides is 2. The van der Waals surface area contributed by atoms with Gasteiger partial charge >= 0.3 is 0 Å². The van der Waals surface area contributed by atoms with Crippen LogP contribution in [0.25, 0.3) is 0 Å². The Hall–Kier alpha value is -1.04. The molecule has 0 saturated carbocycles. The second-order valence-corrected chi connectivity index (χ2v) is 7.91. The van der Waals surface area contributed by atoms with E-state index in [1.54, 1.807) is 0 Å². The summed E-state index contributed by atoms with van der Waals surface area (Å²) in [6, 6.07) is 0.257. The number of allylic oxidation sites excluding steroid dienone is 4. The van der Waals surface area contributed by atoms with Gasteiger partial charge in [0.2, 0.25) is 12.3 Å². The van der Waals surface area contributed by atoms with Crippen molar-refractivity contribution in [2.45, 2.75) is 51.0 Å². The average Bonchev–Trinajstić information content (AvgIpc) is 2.81. The summed E-state index contributed by atoms with van der Waals surface area (Å²) >= 11 is 12.3. The highest BCUT2D eigenvalue weighted by Gasteiger charge is 2.27. The first-order valence-electron chi connectivity index (χ1n) is 9.40. The molecule has 0 radical (unpaired) electrons. The first-order chi connectivity index (χ1) is 12.5. The zero-order chi connectivity index (χ0) is 18.9. The number of halogens is 2. The summed E-state index contributed by atoms with van der Waals surface area (Å²) in [4.78, 5) is 25.0. The molecule has 5 nitrogen and oxygen atoms in total. The molecule has 2 amide bonds. The van der Waals surface area contributed by atoms with Gasteiger partial charge in [-0.1, -0.05) is 28.8 Å². The summed E-state index contributed by atoms with van der Waals surface area (Å²) in [5.74, 6) is 0.693. The lowest BCUT2D eigenvalue weighted by molar-refractivity contribution is -0.132. The molecule has 1 aliphatic heterocycles. The van der Waals surface area contributed by atoms with Crippen molar-refractivity contribution in [2.75, 3.05) is 26.7 Å². The third-order valence-electron chi connectivity index (χ3n) is 5.40. The van der Waals surface area contributed by atoms with Gasteiger partial charge in [-0.2, -0.15) is 0 Å². The molecule has 146 valence electrons. The van der Waals surface area contributed by atoms with Crippen molar-refractivity contribution >= 4 is 35.5 Å². The van der Waals surface area contributed by atoms with E-state index in [0.29, 0.717) is 23.9 Å². The summed E-state index contributed by atoms with van der Waals surface area (Å²) in [6.07, 6.45) is 8.63. The molecule has 2 aliphatic rings. The molecule has 1 aliphatic carbocycles. The van der Waals surface area contributed by atoms with E-state index in [1.165, 1.54) is 5.57 Å². The minimum absolute atomic E-state index is 0.215. The minimum Gasteiger partial charge on any atom is -0.357 e. The quantitative estimate of drug-likeness (QED) is 0.614. The molecule has 2 rings (SSSR count). The van der Waals surface area contributed by atoms with E-state index >= 15 is 0 Å². The molecule has 0 aromatic rings. The largest absolute Gasteiger partial charge is 0.357 e. The fourth-order valence-electron chi connectivity index (χ4n) is 3.77. The van der Waals surface area contributed by atoms with Gasteiger partial charge in [0.05, 0.1) is 5.03 Å². The minimum atomic E-state index is 0.215. The molecule has 2 N–H and O–H groups in total. The van der Waals surface area contributed by atoms with Crippen LogP contribution in [0, 0.1) is 5.92 Å². The molecular weight excluding hydrogens is 373 g/mol. The molecule has 0 bridgehead atoms. The van der Waals surface area contributed by atoms with Crippen molar-refractivity contribution in [3.63, 3.8) is 0 Å². The Morgan fingerprint density at radius 2 is 2.08 bits per heavy atom. The van der Waals surface area contributed by atoms with Crippen LogP contribution in [0.4, 0.5) is 0 Å². The number of piperidine rings is 1. The Morgan fingerprint density at radius 1 is 1.35 bits per heavy atom. The predicted molar refractivity (Wildman–Crippen MR) is 106 cm³/mol. The Morgan fingerprint density at radius 3 is 2.73 bits per heavy atom. The summed E-state index contributed by atoms with van der Waals surface area (Å²) in [6.45, 7) is 2.20. The van der Waals surface area contributed by atoms with Crippen LogP contribution in [0.1, 0.15) is 44.9 Å². The number of nitrogens with zero attached hydrogens (tertiary/aromatic N) is 1. The molecule has 1 atom stereocenters. The van der Waals surface area contributed by atoms with E-state index in [1.807, 2.05) is 18.0 Å². The molecule has 0 aromatic carbocycles. The van der Waals surface area contributed by atoms with E-state index in [9.17, 15) is 9.59 Å². The summed E-state index contributed by atoms with van der Waals surface area (Å²) in [7, 11) is 1.92. The molecule has 0 spiro atoms. The number of rotatable bonds is 8. The number of likely N-dealkylation sites (N-methyl/N-ethyl adjacent to an activating group) is 1. The summed E-state index contributed by atoms with van der Waals surface area (Å²) < 4.78 is 0. The normalized spacial score (nSPS) is 20.4. The van der Waals surface area contributed by atoms with Gasteiger partial charge in [-0.15, -0.1) is 0 Å². The smallest absolute Gasteiger partial charge is 0.222 e. The zero-order valence-corrected chi connectivity index (χ0v) is 16.9. The van der Waals surface area contributed by atoms with Crippen molar-refractivity contribution < 1.29 is 9.59 Å². The van der Waals surface area contributed by atoms with Gasteiger partial charge < -0.3 is 15.5 Å². The van der Waals surface area contributed by atoms with Crippen molar-refractivity contribution in [2.24, 2.45) is 5.92 Å². The Bertz CT molecular complexity index is 555. The van der Waals surface area contributed by atoms with E-state index in [0.717, 1.165) is 63.1 Å². The monoisotopic (exact) mass is 401 g/mol. The van der Waals surface area contributed by atoms with Gasteiger partial charge in [-0.3, -0.25) is 9.59 Å². The number of carbonyl (C=O) groups is 2. The van der Waals surface area contributed by atoms with E-state index < -0.39 is 0 Å². The zero-order valence-electron chi connectivity index (χ0n) is 15.4. The lowest BCUT2D eigenvalue weighted by Crippen LogP contribution is -2.47. The SMILES string of the molecule is CNC(CNC=O)C1CCN(C(=O)CCC2=CC(Cl)=C(Cl)CCC2)CC1. The fourth-order valence-corrected chi connectivity index (χ4v) is 4.21. The lowest BCUT2D eigenvalue weighted by atomic mass is 9.89. The van der Waals surface area contributed by atoms with Crippen LogP contribution >= 0.6 is 23.2 Å². The van der Waals surface area contributed by atoms with Crippen molar-refractivity contribution in [1.29, 1.82) is 0 Å². The average molecular weight is 402 g/mol. The molecule has 1 fully saturated rings. The van der Waals surface area contributed by atoms with Crippen LogP contribution in [0.3, 0.4) is 0 Å². The Balaban J connectivity index is 1.78. The van der Waals surface area contributed by atoms with Gasteiger partial charge in [-0.25, -0.2) is 0 Å². The lowest BCUT2D eigenvalue weighted by Gasteiger charge is -2.36. The summed E-state index contributed by atoms with van der Waals surface area (Å²) in [5.41, 5.74) is 1.21.